The van der Waals surface area contributed by atoms with E-state index in [2.05, 4.69) is 40.1 Å². The Morgan fingerprint density at radius 2 is 2.17 bits per heavy atom. The zero-order chi connectivity index (χ0) is 12.8. The highest BCUT2D eigenvalue weighted by Gasteiger charge is 2.16. The monoisotopic (exact) mass is 248 g/mol. The Hall–Kier alpha value is -1.32. The van der Waals surface area contributed by atoms with E-state index in [0.29, 0.717) is 0 Å². The van der Waals surface area contributed by atoms with E-state index in [9.17, 15) is 0 Å². The molecule has 0 spiro atoms. The molecular weight excluding hydrogens is 224 g/mol. The molecule has 0 aromatic carbocycles. The summed E-state index contributed by atoms with van der Waals surface area (Å²) < 4.78 is 0. The van der Waals surface area contributed by atoms with Gasteiger partial charge in [0, 0.05) is 25.7 Å². The molecule has 1 aromatic heterocycles. The van der Waals surface area contributed by atoms with Crippen molar-refractivity contribution in [2.75, 3.05) is 29.9 Å². The van der Waals surface area contributed by atoms with Crippen molar-refractivity contribution in [1.82, 2.24) is 9.97 Å². The highest BCUT2D eigenvalue weighted by molar-refractivity contribution is 5.48. The first-order valence-electron chi connectivity index (χ1n) is 7.14. The summed E-state index contributed by atoms with van der Waals surface area (Å²) in [4.78, 5) is 11.0. The van der Waals surface area contributed by atoms with Crippen LogP contribution in [0.3, 0.4) is 0 Å². The molecular formula is C14H24N4. The molecule has 0 radical (unpaired) electrons. The van der Waals surface area contributed by atoms with Crippen molar-refractivity contribution >= 4 is 11.6 Å². The van der Waals surface area contributed by atoms with E-state index >= 15 is 0 Å². The highest BCUT2D eigenvalue weighted by atomic mass is 15.2. The van der Waals surface area contributed by atoms with Crippen LogP contribution in [-0.4, -0.2) is 29.6 Å². The van der Waals surface area contributed by atoms with E-state index in [-0.39, 0.29) is 0 Å². The van der Waals surface area contributed by atoms with Crippen LogP contribution in [0, 0.1) is 5.92 Å². The topological polar surface area (TPSA) is 41.0 Å². The Morgan fingerprint density at radius 1 is 1.28 bits per heavy atom. The summed E-state index contributed by atoms with van der Waals surface area (Å²) in [5.41, 5.74) is 0. The standard InChI is InChI=1S/C14H24N4/c1-3-12-6-5-8-18(9-7-12)14-10-13(15-4-2)16-11-17-14/h10-12H,3-9H2,1-2H3,(H,15,16,17). The lowest BCUT2D eigenvalue weighted by Gasteiger charge is -2.21. The van der Waals surface area contributed by atoms with Crippen molar-refractivity contribution in [2.24, 2.45) is 5.92 Å². The molecule has 1 fully saturated rings. The SMILES string of the molecule is CCNc1cc(N2CCCC(CC)CC2)ncn1. The smallest absolute Gasteiger partial charge is 0.134 e. The molecule has 1 aliphatic heterocycles. The molecule has 0 bridgehead atoms. The lowest BCUT2D eigenvalue weighted by Crippen LogP contribution is -2.25. The molecule has 18 heavy (non-hydrogen) atoms. The summed E-state index contributed by atoms with van der Waals surface area (Å²) in [7, 11) is 0. The first-order chi connectivity index (χ1) is 8.83. The van der Waals surface area contributed by atoms with Crippen molar-refractivity contribution < 1.29 is 0 Å². The Kier molecular flexibility index (Phi) is 4.79. The quantitative estimate of drug-likeness (QED) is 0.889. The second-order valence-electron chi connectivity index (χ2n) is 4.98. The fourth-order valence-corrected chi connectivity index (χ4v) is 2.60. The minimum absolute atomic E-state index is 0.894. The van der Waals surface area contributed by atoms with Gasteiger partial charge in [0.2, 0.25) is 0 Å². The van der Waals surface area contributed by atoms with Crippen molar-refractivity contribution in [2.45, 2.75) is 39.5 Å². The van der Waals surface area contributed by atoms with E-state index in [4.69, 9.17) is 0 Å². The minimum atomic E-state index is 0.894. The van der Waals surface area contributed by atoms with Gasteiger partial charge < -0.3 is 10.2 Å². The molecule has 4 heteroatoms. The molecule has 0 aliphatic carbocycles. The van der Waals surface area contributed by atoms with Gasteiger partial charge in [0.15, 0.2) is 0 Å². The fraction of sp³-hybridized carbons (Fsp3) is 0.714. The maximum Gasteiger partial charge on any atom is 0.134 e. The van der Waals surface area contributed by atoms with Crippen LogP contribution < -0.4 is 10.2 Å². The Morgan fingerprint density at radius 3 is 2.94 bits per heavy atom. The molecule has 1 N–H and O–H groups in total. The third-order valence-electron chi connectivity index (χ3n) is 3.76. The Balaban J connectivity index is 2.03. The molecule has 0 saturated carbocycles. The van der Waals surface area contributed by atoms with Crippen LogP contribution in [-0.2, 0) is 0 Å². The maximum atomic E-state index is 4.41. The summed E-state index contributed by atoms with van der Waals surface area (Å²) in [5.74, 6) is 2.89. The van der Waals surface area contributed by atoms with Gasteiger partial charge in [-0.3, -0.25) is 0 Å². The van der Waals surface area contributed by atoms with Crippen LogP contribution in [0.5, 0.6) is 0 Å². The minimum Gasteiger partial charge on any atom is -0.370 e. The van der Waals surface area contributed by atoms with Crippen molar-refractivity contribution in [3.05, 3.63) is 12.4 Å². The molecule has 1 unspecified atom stereocenters. The zero-order valence-corrected chi connectivity index (χ0v) is 11.5. The number of hydrogen-bond acceptors (Lipinski definition) is 4. The number of nitrogens with one attached hydrogen (secondary N) is 1. The average Bonchev–Trinajstić information content (AvgIpc) is 2.65. The number of hydrogen-bond donors (Lipinski definition) is 1. The molecule has 1 aliphatic rings. The summed E-state index contributed by atoms with van der Waals surface area (Å²) in [6.45, 7) is 7.53. The van der Waals surface area contributed by atoms with Crippen LogP contribution in [0.1, 0.15) is 39.5 Å². The van der Waals surface area contributed by atoms with Gasteiger partial charge in [0.1, 0.15) is 18.0 Å². The Bertz CT molecular complexity index is 367. The van der Waals surface area contributed by atoms with Gasteiger partial charge in [-0.1, -0.05) is 13.3 Å². The van der Waals surface area contributed by atoms with Gasteiger partial charge in [-0.25, -0.2) is 9.97 Å². The average molecular weight is 248 g/mol. The van der Waals surface area contributed by atoms with Crippen LogP contribution in [0.2, 0.25) is 0 Å². The molecule has 0 amide bonds. The third-order valence-corrected chi connectivity index (χ3v) is 3.76. The number of nitrogens with zero attached hydrogens (tertiary/aromatic N) is 3. The van der Waals surface area contributed by atoms with E-state index in [1.165, 1.54) is 25.7 Å². The second kappa shape index (κ2) is 6.57. The molecule has 100 valence electrons. The maximum absolute atomic E-state index is 4.41. The predicted molar refractivity (Wildman–Crippen MR) is 76.0 cm³/mol. The molecule has 2 rings (SSSR count). The lowest BCUT2D eigenvalue weighted by atomic mass is 9.98. The molecule has 4 nitrogen and oxygen atoms in total. The van der Waals surface area contributed by atoms with E-state index < -0.39 is 0 Å². The largest absolute Gasteiger partial charge is 0.370 e. The van der Waals surface area contributed by atoms with Gasteiger partial charge >= 0.3 is 0 Å². The number of anilines is 2. The van der Waals surface area contributed by atoms with Crippen molar-refractivity contribution in [3.8, 4) is 0 Å². The number of rotatable bonds is 4. The van der Waals surface area contributed by atoms with Crippen LogP contribution in [0.25, 0.3) is 0 Å². The van der Waals surface area contributed by atoms with Gasteiger partial charge in [-0.2, -0.15) is 0 Å². The summed E-state index contributed by atoms with van der Waals surface area (Å²) >= 11 is 0. The normalized spacial score (nSPS) is 20.6. The van der Waals surface area contributed by atoms with E-state index in [1.807, 2.05) is 0 Å². The lowest BCUT2D eigenvalue weighted by molar-refractivity contribution is 0.459. The van der Waals surface area contributed by atoms with Crippen molar-refractivity contribution in [3.63, 3.8) is 0 Å². The van der Waals surface area contributed by atoms with Crippen LogP contribution in [0.4, 0.5) is 11.6 Å². The predicted octanol–water partition coefficient (Wildman–Crippen LogP) is 2.92. The zero-order valence-electron chi connectivity index (χ0n) is 11.5. The van der Waals surface area contributed by atoms with Gasteiger partial charge in [-0.15, -0.1) is 0 Å². The van der Waals surface area contributed by atoms with Crippen LogP contribution in [0.15, 0.2) is 12.4 Å². The third kappa shape index (κ3) is 3.34. The van der Waals surface area contributed by atoms with Crippen molar-refractivity contribution in [1.29, 1.82) is 0 Å². The Labute approximate surface area is 110 Å². The summed E-state index contributed by atoms with van der Waals surface area (Å²) in [6, 6.07) is 2.07. The van der Waals surface area contributed by atoms with Gasteiger partial charge in [0.05, 0.1) is 0 Å². The van der Waals surface area contributed by atoms with Crippen LogP contribution >= 0.6 is 0 Å². The summed E-state index contributed by atoms with van der Waals surface area (Å²) in [6.07, 6.45) is 6.89. The van der Waals surface area contributed by atoms with E-state index in [1.54, 1.807) is 6.33 Å². The first kappa shape index (κ1) is 13.1. The molecule has 1 aromatic rings. The van der Waals surface area contributed by atoms with Gasteiger partial charge in [0.25, 0.3) is 0 Å². The fourth-order valence-electron chi connectivity index (χ4n) is 2.60. The molecule has 1 atom stereocenters. The number of aromatic nitrogens is 2. The van der Waals surface area contributed by atoms with Gasteiger partial charge in [-0.05, 0) is 32.1 Å². The molecule has 2 heterocycles. The second-order valence-corrected chi connectivity index (χ2v) is 4.98. The first-order valence-corrected chi connectivity index (χ1v) is 7.14. The van der Waals surface area contributed by atoms with E-state index in [0.717, 1.165) is 37.2 Å². The molecule has 1 saturated heterocycles. The highest BCUT2D eigenvalue weighted by Crippen LogP contribution is 2.23. The summed E-state index contributed by atoms with van der Waals surface area (Å²) in [5, 5.41) is 3.24.